The maximum atomic E-state index is 7.95. The molecule has 2 aromatic heterocycles. The average molecular weight is 948 g/mol. The summed E-state index contributed by atoms with van der Waals surface area (Å²) in [4.78, 5) is 0. The normalized spacial score (nSPS) is 18.4. The van der Waals surface area contributed by atoms with Crippen molar-refractivity contribution in [3.8, 4) is 5.75 Å². The number of hydrogen-bond acceptors (Lipinski definition) is 6. The third kappa shape index (κ3) is 8.65. The Balaban J connectivity index is 1.54. The summed E-state index contributed by atoms with van der Waals surface area (Å²) in [5.74, 6) is 0.719. The van der Waals surface area contributed by atoms with E-state index >= 15 is 0 Å². The van der Waals surface area contributed by atoms with Gasteiger partial charge >= 0.3 is 8.16 Å². The van der Waals surface area contributed by atoms with Gasteiger partial charge in [0.05, 0.1) is 12.8 Å². The van der Waals surface area contributed by atoms with Crippen LogP contribution in [0.2, 0.25) is 0 Å². The summed E-state index contributed by atoms with van der Waals surface area (Å²) in [6, 6.07) is 40.2. The van der Waals surface area contributed by atoms with Crippen LogP contribution < -0.4 is 9.41 Å². The van der Waals surface area contributed by atoms with Crippen LogP contribution in [-0.4, -0.2) is 14.2 Å². The third-order valence-electron chi connectivity index (χ3n) is 14.3. The van der Waals surface area contributed by atoms with Crippen LogP contribution >= 0.6 is 16.2 Å². The Morgan fingerprint density at radius 3 is 1.47 bits per heavy atom. The molecular weight excluding hydrogens is 877 g/mol. The molecule has 0 saturated heterocycles. The van der Waals surface area contributed by atoms with Crippen LogP contribution in [0, 0.1) is 20.8 Å². The smallest absolute Gasteiger partial charge is 0.310 e. The van der Waals surface area contributed by atoms with Crippen LogP contribution in [0.5, 0.6) is 5.75 Å². The fourth-order valence-electron chi connectivity index (χ4n) is 10.8. The molecule has 3 heterocycles. The molecule has 0 aliphatic carbocycles. The topological polar surface area (TPSA) is 65.0 Å². The van der Waals surface area contributed by atoms with Gasteiger partial charge in [-0.1, -0.05) is 155 Å². The number of fused-ring (bicyclic) bond motifs is 6. The van der Waals surface area contributed by atoms with Gasteiger partial charge in [0.2, 0.25) is 8.01 Å². The Hall–Kier alpha value is -5.12. The molecule has 2 bridgehead atoms. The second kappa shape index (κ2) is 17.4. The number of nitrogens with zero attached hydrogens (tertiary/aromatic N) is 1. The molecule has 8 heteroatoms. The van der Waals surface area contributed by atoms with E-state index in [1.54, 1.807) is 7.11 Å². The summed E-state index contributed by atoms with van der Waals surface area (Å²) in [5.41, 5.74) is 12.5. The van der Waals surface area contributed by atoms with E-state index in [1.807, 2.05) is 0 Å². The Morgan fingerprint density at radius 1 is 0.544 bits per heavy atom. The third-order valence-corrected chi connectivity index (χ3v) is 18.0. The standard InChI is InChI=1S/C60H71NO5P2/c1-36-27-43-44-28-37(2)31-48(58(7,8)9)53(44)64-67(63-52(43)47(30-36)57(4,5)6)56-42(39-23-19-17-20-24-39)35-51(40-25-21-18-22-26-40)61(15)68-65-54-46(33-41(62-16)34-49(54)59(10,11)12)45-29-38(3)32-50(55(45)66-68)60(56,13)14/h17-34,42,51,56H,35H2,1-16H3/t42-,51-,56?,68?/m0/s1. The van der Waals surface area contributed by atoms with E-state index in [-0.39, 0.29) is 33.9 Å². The Morgan fingerprint density at radius 2 is 0.971 bits per heavy atom. The van der Waals surface area contributed by atoms with Gasteiger partial charge in [-0.05, 0) is 102 Å². The minimum absolute atomic E-state index is 0.0674. The Bertz CT molecular complexity index is 3210. The lowest BCUT2D eigenvalue weighted by atomic mass is 9.71. The highest BCUT2D eigenvalue weighted by Crippen LogP contribution is 2.63. The SMILES string of the molecule is COc1cc(C(C)(C)C)c2op3oc4c(cc(C)cc4c2c1)C(C)(C)C(p1oc2c(C(C)(C)C)cc(C)cc2c2cc(C)cc(C(C)(C)C)c2o1)[C@H](c1ccccc1)C[C@@H](c1ccccc1)N3C. The van der Waals surface area contributed by atoms with E-state index in [0.717, 1.165) is 72.7 Å². The molecule has 6 nitrogen and oxygen atoms in total. The molecule has 2 unspecified atom stereocenters. The van der Waals surface area contributed by atoms with Crippen molar-refractivity contribution < 1.29 is 21.5 Å². The second-order valence-electron chi connectivity index (χ2n) is 23.2. The van der Waals surface area contributed by atoms with E-state index in [9.17, 15) is 0 Å². The molecular formula is C60H71NO5P2. The van der Waals surface area contributed by atoms with Crippen LogP contribution in [0.4, 0.5) is 0 Å². The minimum Gasteiger partial charge on any atom is -0.497 e. The van der Waals surface area contributed by atoms with Gasteiger partial charge in [-0.2, -0.15) is 4.67 Å². The van der Waals surface area contributed by atoms with E-state index < -0.39 is 21.6 Å². The highest BCUT2D eigenvalue weighted by Gasteiger charge is 2.47. The van der Waals surface area contributed by atoms with E-state index in [4.69, 9.17) is 21.5 Å². The van der Waals surface area contributed by atoms with Crippen molar-refractivity contribution in [2.45, 2.75) is 143 Å². The van der Waals surface area contributed by atoms with Crippen LogP contribution in [0.15, 0.2) is 126 Å². The summed E-state index contributed by atoms with van der Waals surface area (Å²) in [6.45, 7) is 32.0. The molecule has 0 N–H and O–H groups in total. The lowest BCUT2D eigenvalue weighted by molar-refractivity contribution is 0.353. The zero-order valence-corrected chi connectivity index (χ0v) is 45.0. The summed E-state index contributed by atoms with van der Waals surface area (Å²) in [7, 11) is 0.446. The number of aryl methyl sites for hydroxylation is 3. The van der Waals surface area contributed by atoms with Crippen LogP contribution in [0.25, 0.3) is 43.9 Å². The van der Waals surface area contributed by atoms with E-state index in [2.05, 4.69) is 218 Å². The van der Waals surface area contributed by atoms with Gasteiger partial charge in [-0.3, -0.25) is 0 Å². The lowest BCUT2D eigenvalue weighted by Gasteiger charge is -2.41. The zero-order valence-electron chi connectivity index (χ0n) is 43.2. The van der Waals surface area contributed by atoms with Crippen molar-refractivity contribution in [3.05, 3.63) is 159 Å². The predicted molar refractivity (Wildman–Crippen MR) is 289 cm³/mol. The molecule has 1 aliphatic rings. The first-order valence-corrected chi connectivity index (χ1v) is 26.7. The fraction of sp³-hybridized carbons (Fsp3) is 0.400. The van der Waals surface area contributed by atoms with E-state index in [1.165, 1.54) is 33.4 Å². The highest BCUT2D eigenvalue weighted by molar-refractivity contribution is 7.39. The second-order valence-corrected chi connectivity index (χ2v) is 26.1. The Kier molecular flexibility index (Phi) is 12.2. The number of benzene rings is 6. The summed E-state index contributed by atoms with van der Waals surface area (Å²) in [6.07, 6.45) is 0.741. The molecule has 8 aromatic rings. The minimum atomic E-state index is -1.78. The monoisotopic (exact) mass is 947 g/mol. The molecule has 0 spiro atoms. The van der Waals surface area contributed by atoms with Crippen LogP contribution in [0.1, 0.15) is 150 Å². The molecule has 356 valence electrons. The van der Waals surface area contributed by atoms with Crippen molar-refractivity contribution in [1.29, 1.82) is 0 Å². The van der Waals surface area contributed by atoms with Crippen molar-refractivity contribution in [2.24, 2.45) is 0 Å². The maximum absolute atomic E-state index is 7.95. The van der Waals surface area contributed by atoms with Crippen molar-refractivity contribution in [1.82, 2.24) is 0 Å². The number of rotatable bonds is 4. The number of ether oxygens (including phenoxy) is 1. The summed E-state index contributed by atoms with van der Waals surface area (Å²) in [5, 5.41) is 4.16. The molecule has 0 fully saturated rings. The fourth-order valence-corrected chi connectivity index (χ4v) is 14.5. The van der Waals surface area contributed by atoms with Gasteiger partial charge in [-0.25, -0.2) is 0 Å². The van der Waals surface area contributed by atoms with Gasteiger partial charge in [0.25, 0.3) is 0 Å². The molecule has 0 saturated carbocycles. The first-order chi connectivity index (χ1) is 31.9. The predicted octanol–water partition coefficient (Wildman–Crippen LogP) is 18.7. The number of hydrogen-bond donors (Lipinski definition) is 0. The maximum Gasteiger partial charge on any atom is 0.310 e. The summed E-state index contributed by atoms with van der Waals surface area (Å²) < 4.78 is 39.4. The van der Waals surface area contributed by atoms with Crippen molar-refractivity contribution in [2.75, 3.05) is 18.8 Å². The van der Waals surface area contributed by atoms with Crippen molar-refractivity contribution in [3.63, 3.8) is 0 Å². The molecule has 1 aliphatic heterocycles. The molecule has 0 amide bonds. The molecule has 4 atom stereocenters. The van der Waals surface area contributed by atoms with E-state index in [0.29, 0.717) is 0 Å². The van der Waals surface area contributed by atoms with Crippen LogP contribution in [-0.2, 0) is 21.7 Å². The molecule has 68 heavy (non-hydrogen) atoms. The quantitative estimate of drug-likeness (QED) is 0.175. The van der Waals surface area contributed by atoms with Crippen LogP contribution in [0.3, 0.4) is 0 Å². The largest absolute Gasteiger partial charge is 0.497 e. The lowest BCUT2D eigenvalue weighted by Crippen LogP contribution is -2.32. The first kappa shape index (κ1) is 47.9. The van der Waals surface area contributed by atoms with Gasteiger partial charge < -0.3 is 21.5 Å². The summed E-state index contributed by atoms with van der Waals surface area (Å²) >= 11 is 0. The van der Waals surface area contributed by atoms with Gasteiger partial charge in [0, 0.05) is 68.2 Å². The first-order valence-electron chi connectivity index (χ1n) is 24.3. The van der Waals surface area contributed by atoms with Gasteiger partial charge in [0.1, 0.15) is 28.1 Å². The average Bonchev–Trinajstić information content (AvgIpc) is 3.53. The molecule has 9 rings (SSSR count). The number of methoxy groups -OCH3 is 1. The highest BCUT2D eigenvalue weighted by atomic mass is 31.1. The van der Waals surface area contributed by atoms with Gasteiger partial charge in [-0.15, -0.1) is 0 Å². The zero-order chi connectivity index (χ0) is 48.8. The Labute approximate surface area is 406 Å². The molecule has 6 aromatic carbocycles. The van der Waals surface area contributed by atoms with Gasteiger partial charge in [0.15, 0.2) is 0 Å². The van der Waals surface area contributed by atoms with Crippen molar-refractivity contribution >= 4 is 60.1 Å². The molecule has 0 radical (unpaired) electrons.